The molecule has 1 aromatic heterocycles. The van der Waals surface area contributed by atoms with Gasteiger partial charge in [-0.25, -0.2) is 4.68 Å². The van der Waals surface area contributed by atoms with Gasteiger partial charge in [-0.15, -0.1) is 0 Å². The SMILES string of the molecule is Cc1ccc(CC(=O)N(C)Cc2c(C)nn(-c3ccccc3)c2C)cc1. The molecule has 0 bridgehead atoms. The van der Waals surface area contributed by atoms with Gasteiger partial charge < -0.3 is 4.90 Å². The number of amides is 1. The minimum Gasteiger partial charge on any atom is -0.341 e. The molecular formula is C22H25N3O. The molecule has 4 nitrogen and oxygen atoms in total. The van der Waals surface area contributed by atoms with Crippen LogP contribution in [-0.2, 0) is 17.8 Å². The summed E-state index contributed by atoms with van der Waals surface area (Å²) < 4.78 is 1.95. The summed E-state index contributed by atoms with van der Waals surface area (Å²) in [5.41, 5.74) is 6.42. The zero-order valence-electron chi connectivity index (χ0n) is 15.9. The normalized spacial score (nSPS) is 10.8. The summed E-state index contributed by atoms with van der Waals surface area (Å²) in [6.45, 7) is 6.67. The summed E-state index contributed by atoms with van der Waals surface area (Å²) >= 11 is 0. The fourth-order valence-electron chi connectivity index (χ4n) is 3.07. The van der Waals surface area contributed by atoms with E-state index in [4.69, 9.17) is 0 Å². The number of rotatable bonds is 5. The number of carbonyl (C=O) groups is 1. The zero-order valence-corrected chi connectivity index (χ0v) is 15.9. The van der Waals surface area contributed by atoms with Crippen LogP contribution in [0.3, 0.4) is 0 Å². The van der Waals surface area contributed by atoms with Gasteiger partial charge in [-0.05, 0) is 38.5 Å². The molecule has 4 heteroatoms. The van der Waals surface area contributed by atoms with Crippen LogP contribution >= 0.6 is 0 Å². The lowest BCUT2D eigenvalue weighted by Crippen LogP contribution is -2.28. The molecule has 1 heterocycles. The molecule has 0 aliphatic rings. The third-order valence-corrected chi connectivity index (χ3v) is 4.74. The monoisotopic (exact) mass is 347 g/mol. The number of aryl methyl sites for hydroxylation is 2. The average Bonchev–Trinajstić information content (AvgIpc) is 2.92. The van der Waals surface area contributed by atoms with E-state index in [2.05, 4.69) is 12.0 Å². The number of benzene rings is 2. The van der Waals surface area contributed by atoms with Gasteiger partial charge in [0.1, 0.15) is 0 Å². The van der Waals surface area contributed by atoms with Crippen molar-refractivity contribution in [1.29, 1.82) is 0 Å². The summed E-state index contributed by atoms with van der Waals surface area (Å²) in [5, 5.41) is 4.67. The molecule has 0 atom stereocenters. The molecule has 0 saturated heterocycles. The summed E-state index contributed by atoms with van der Waals surface area (Å²) in [4.78, 5) is 14.4. The van der Waals surface area contributed by atoms with Gasteiger partial charge in [0.05, 0.1) is 17.8 Å². The Balaban J connectivity index is 1.75. The first kappa shape index (κ1) is 17.9. The second-order valence-electron chi connectivity index (χ2n) is 6.81. The van der Waals surface area contributed by atoms with Gasteiger partial charge in [-0.1, -0.05) is 48.0 Å². The van der Waals surface area contributed by atoms with E-state index in [1.54, 1.807) is 4.90 Å². The Bertz CT molecular complexity index is 895. The zero-order chi connectivity index (χ0) is 18.7. The van der Waals surface area contributed by atoms with Crippen LogP contribution in [0.15, 0.2) is 54.6 Å². The van der Waals surface area contributed by atoms with E-state index < -0.39 is 0 Å². The third kappa shape index (κ3) is 3.85. The fourth-order valence-corrected chi connectivity index (χ4v) is 3.07. The molecule has 0 aliphatic carbocycles. The van der Waals surface area contributed by atoms with Crippen molar-refractivity contribution < 1.29 is 4.79 Å². The fraction of sp³-hybridized carbons (Fsp3) is 0.273. The van der Waals surface area contributed by atoms with Crippen LogP contribution in [0.1, 0.15) is 28.1 Å². The highest BCUT2D eigenvalue weighted by Gasteiger charge is 2.17. The molecule has 0 spiro atoms. The number of aromatic nitrogens is 2. The number of nitrogens with zero attached hydrogens (tertiary/aromatic N) is 3. The molecule has 0 aliphatic heterocycles. The molecule has 0 fully saturated rings. The van der Waals surface area contributed by atoms with Crippen molar-refractivity contribution in [1.82, 2.24) is 14.7 Å². The quantitative estimate of drug-likeness (QED) is 0.700. The first-order valence-corrected chi connectivity index (χ1v) is 8.85. The van der Waals surface area contributed by atoms with Gasteiger partial charge in [0.2, 0.25) is 5.91 Å². The van der Waals surface area contributed by atoms with Crippen LogP contribution in [0.4, 0.5) is 0 Å². The highest BCUT2D eigenvalue weighted by molar-refractivity contribution is 5.78. The molecule has 26 heavy (non-hydrogen) atoms. The largest absolute Gasteiger partial charge is 0.341 e. The van der Waals surface area contributed by atoms with E-state index in [9.17, 15) is 4.79 Å². The Labute approximate surface area is 155 Å². The smallest absolute Gasteiger partial charge is 0.227 e. The molecule has 0 N–H and O–H groups in total. The van der Waals surface area contributed by atoms with Crippen molar-refractivity contribution in [3.8, 4) is 5.69 Å². The molecule has 2 aromatic carbocycles. The predicted octanol–water partition coefficient (Wildman–Crippen LogP) is 4.00. The van der Waals surface area contributed by atoms with E-state index in [0.29, 0.717) is 13.0 Å². The summed E-state index contributed by atoms with van der Waals surface area (Å²) in [6, 6.07) is 18.2. The number of hydrogen-bond donors (Lipinski definition) is 0. The Morgan fingerprint density at radius 2 is 1.65 bits per heavy atom. The number of carbonyl (C=O) groups excluding carboxylic acids is 1. The number of likely N-dealkylation sites (N-methyl/N-ethyl adjacent to an activating group) is 1. The molecule has 0 saturated carbocycles. The lowest BCUT2D eigenvalue weighted by atomic mass is 10.1. The second kappa shape index (κ2) is 7.56. The van der Waals surface area contributed by atoms with E-state index in [0.717, 1.165) is 28.2 Å². The van der Waals surface area contributed by atoms with Crippen molar-refractivity contribution in [3.63, 3.8) is 0 Å². The van der Waals surface area contributed by atoms with Crippen molar-refractivity contribution in [3.05, 3.63) is 82.7 Å². The molecule has 134 valence electrons. The van der Waals surface area contributed by atoms with E-state index in [1.165, 1.54) is 5.56 Å². The van der Waals surface area contributed by atoms with E-state index in [1.807, 2.05) is 80.2 Å². The average molecular weight is 347 g/mol. The third-order valence-electron chi connectivity index (χ3n) is 4.74. The lowest BCUT2D eigenvalue weighted by molar-refractivity contribution is -0.129. The maximum absolute atomic E-state index is 12.6. The molecule has 0 radical (unpaired) electrons. The van der Waals surface area contributed by atoms with Crippen LogP contribution in [0.25, 0.3) is 5.69 Å². The molecule has 3 rings (SSSR count). The van der Waals surface area contributed by atoms with Gasteiger partial charge in [0, 0.05) is 24.8 Å². The minimum absolute atomic E-state index is 0.111. The maximum atomic E-state index is 12.6. The van der Waals surface area contributed by atoms with Crippen molar-refractivity contribution in [2.24, 2.45) is 0 Å². The highest BCUT2D eigenvalue weighted by Crippen LogP contribution is 2.19. The molecule has 0 unspecified atom stereocenters. The Hall–Kier alpha value is -2.88. The highest BCUT2D eigenvalue weighted by atomic mass is 16.2. The summed E-state index contributed by atoms with van der Waals surface area (Å²) in [5.74, 6) is 0.111. The van der Waals surface area contributed by atoms with E-state index in [-0.39, 0.29) is 5.91 Å². The molecular weight excluding hydrogens is 322 g/mol. The van der Waals surface area contributed by atoms with Crippen LogP contribution in [-0.4, -0.2) is 27.6 Å². The first-order chi connectivity index (χ1) is 12.5. The first-order valence-electron chi connectivity index (χ1n) is 8.85. The minimum atomic E-state index is 0.111. The molecule has 3 aromatic rings. The number of para-hydroxylation sites is 1. The second-order valence-corrected chi connectivity index (χ2v) is 6.81. The Morgan fingerprint density at radius 1 is 1.00 bits per heavy atom. The predicted molar refractivity (Wildman–Crippen MR) is 104 cm³/mol. The van der Waals surface area contributed by atoms with Crippen molar-refractivity contribution in [2.75, 3.05) is 7.05 Å². The van der Waals surface area contributed by atoms with Crippen LogP contribution in [0.2, 0.25) is 0 Å². The van der Waals surface area contributed by atoms with Crippen LogP contribution < -0.4 is 0 Å². The topological polar surface area (TPSA) is 38.1 Å². The Kier molecular flexibility index (Phi) is 5.21. The maximum Gasteiger partial charge on any atom is 0.227 e. The number of hydrogen-bond acceptors (Lipinski definition) is 2. The molecule has 1 amide bonds. The van der Waals surface area contributed by atoms with Crippen molar-refractivity contribution >= 4 is 5.91 Å². The van der Waals surface area contributed by atoms with Gasteiger partial charge in [-0.3, -0.25) is 4.79 Å². The Morgan fingerprint density at radius 3 is 2.31 bits per heavy atom. The van der Waals surface area contributed by atoms with Crippen LogP contribution in [0, 0.1) is 20.8 Å². The lowest BCUT2D eigenvalue weighted by Gasteiger charge is -2.18. The van der Waals surface area contributed by atoms with E-state index >= 15 is 0 Å². The van der Waals surface area contributed by atoms with Gasteiger partial charge in [0.25, 0.3) is 0 Å². The summed E-state index contributed by atoms with van der Waals surface area (Å²) in [6.07, 6.45) is 0.418. The van der Waals surface area contributed by atoms with Gasteiger partial charge in [0.15, 0.2) is 0 Å². The van der Waals surface area contributed by atoms with Crippen LogP contribution in [0.5, 0.6) is 0 Å². The van der Waals surface area contributed by atoms with Gasteiger partial charge in [-0.2, -0.15) is 5.10 Å². The standard InChI is InChI=1S/C22H25N3O/c1-16-10-12-19(13-11-16)14-22(26)24(4)15-21-17(2)23-25(18(21)3)20-8-6-5-7-9-20/h5-13H,14-15H2,1-4H3. The van der Waals surface area contributed by atoms with Crippen molar-refractivity contribution in [2.45, 2.75) is 33.7 Å². The van der Waals surface area contributed by atoms with Gasteiger partial charge >= 0.3 is 0 Å². The summed E-state index contributed by atoms with van der Waals surface area (Å²) in [7, 11) is 1.86.